The van der Waals surface area contributed by atoms with Gasteiger partial charge in [-0.15, -0.1) is 10.2 Å². The van der Waals surface area contributed by atoms with Gasteiger partial charge in [-0.3, -0.25) is 4.90 Å². The van der Waals surface area contributed by atoms with Crippen LogP contribution in [-0.4, -0.2) is 45.3 Å². The highest BCUT2D eigenvalue weighted by molar-refractivity contribution is 5.84. The van der Waals surface area contributed by atoms with Crippen LogP contribution < -0.4 is 4.74 Å². The molecule has 0 amide bonds. The Morgan fingerprint density at radius 2 is 1.96 bits per heavy atom. The van der Waals surface area contributed by atoms with Gasteiger partial charge in [-0.25, -0.2) is 0 Å². The van der Waals surface area contributed by atoms with Gasteiger partial charge in [0.1, 0.15) is 6.10 Å². The number of nitrogens with zero attached hydrogens (tertiary/aromatic N) is 3. The van der Waals surface area contributed by atoms with Gasteiger partial charge >= 0.3 is 0 Å². The van der Waals surface area contributed by atoms with Gasteiger partial charge in [-0.05, 0) is 63.0 Å². The number of piperidine rings is 3. The highest BCUT2D eigenvalue weighted by Gasteiger charge is 2.41. The summed E-state index contributed by atoms with van der Waals surface area (Å²) >= 11 is 0. The minimum atomic E-state index is 0.235. The zero-order chi connectivity index (χ0) is 16.8. The molecule has 0 unspecified atom stereocenters. The number of ether oxygens (including phenoxy) is 1. The maximum atomic E-state index is 6.23. The van der Waals surface area contributed by atoms with Crippen molar-refractivity contribution in [3.8, 4) is 17.1 Å². The highest BCUT2D eigenvalue weighted by Crippen LogP contribution is 2.34. The lowest BCUT2D eigenvalue weighted by molar-refractivity contribution is -0.0528. The van der Waals surface area contributed by atoms with Crippen LogP contribution in [0.15, 0.2) is 42.6 Å². The van der Waals surface area contributed by atoms with Gasteiger partial charge in [0.25, 0.3) is 0 Å². The first-order valence-electron chi connectivity index (χ1n) is 9.10. The van der Waals surface area contributed by atoms with E-state index in [1.54, 1.807) is 0 Å². The molecule has 3 aromatic rings. The van der Waals surface area contributed by atoms with Gasteiger partial charge in [0.2, 0.25) is 5.88 Å². The maximum absolute atomic E-state index is 6.23. The molecule has 6 rings (SSSR count). The molecule has 5 heterocycles. The second-order valence-corrected chi connectivity index (χ2v) is 7.23. The fraction of sp³-hybridized carbons (Fsp3) is 0.400. The molecule has 0 radical (unpaired) electrons. The van der Waals surface area contributed by atoms with Crippen LogP contribution in [0.5, 0.6) is 5.88 Å². The molecule has 3 aliphatic heterocycles. The molecular weight excluding hydrogens is 312 g/mol. The van der Waals surface area contributed by atoms with Crippen molar-refractivity contribution in [2.24, 2.45) is 5.92 Å². The van der Waals surface area contributed by atoms with Crippen molar-refractivity contribution in [3.05, 3.63) is 42.6 Å². The molecule has 128 valence electrons. The van der Waals surface area contributed by atoms with Gasteiger partial charge in [0, 0.05) is 34.8 Å². The minimum absolute atomic E-state index is 0.235. The van der Waals surface area contributed by atoms with E-state index in [2.05, 4.69) is 51.3 Å². The molecule has 0 spiro atoms. The largest absolute Gasteiger partial charge is 0.471 e. The first-order chi connectivity index (χ1) is 12.3. The van der Waals surface area contributed by atoms with E-state index < -0.39 is 0 Å². The number of aromatic nitrogens is 3. The lowest BCUT2D eigenvalue weighted by Gasteiger charge is -2.48. The number of hydrogen-bond acceptors (Lipinski definition) is 4. The molecular formula is C20H22N4O. The van der Waals surface area contributed by atoms with Crippen molar-refractivity contribution in [1.82, 2.24) is 20.1 Å². The Hall–Kier alpha value is -2.40. The summed E-state index contributed by atoms with van der Waals surface area (Å²) in [5.74, 6) is 1.29. The Morgan fingerprint density at radius 1 is 1.08 bits per heavy atom. The van der Waals surface area contributed by atoms with Crippen LogP contribution in [0.1, 0.15) is 19.8 Å². The van der Waals surface area contributed by atoms with E-state index in [1.165, 1.54) is 31.3 Å². The second-order valence-electron chi connectivity index (χ2n) is 7.23. The third-order valence-corrected chi connectivity index (χ3v) is 5.84. The zero-order valence-electron chi connectivity index (χ0n) is 14.4. The van der Waals surface area contributed by atoms with E-state index in [4.69, 9.17) is 4.74 Å². The van der Waals surface area contributed by atoms with Crippen molar-refractivity contribution in [1.29, 1.82) is 0 Å². The van der Waals surface area contributed by atoms with Gasteiger partial charge in [0.05, 0.1) is 5.69 Å². The topological polar surface area (TPSA) is 54.0 Å². The van der Waals surface area contributed by atoms with Crippen LogP contribution in [0.2, 0.25) is 0 Å². The molecule has 1 aromatic carbocycles. The highest BCUT2D eigenvalue weighted by atomic mass is 16.5. The fourth-order valence-electron chi connectivity index (χ4n) is 4.34. The number of fused-ring (bicyclic) bond motifs is 4. The van der Waals surface area contributed by atoms with Crippen molar-refractivity contribution in [3.63, 3.8) is 0 Å². The quantitative estimate of drug-likeness (QED) is 0.797. The molecule has 5 heteroatoms. The number of rotatable bonds is 3. The standard InChI is InChI=1S/C20H22N4O/c1-13-20(14-7-10-24(13)11-8-14)25-19-5-4-18(22-23-19)15-2-3-17-16(12-15)6-9-21-17/h2-6,9,12-14,20-21H,7-8,10-11H2,1H3/t13-,20+/m0/s1. The van der Waals surface area contributed by atoms with Gasteiger partial charge in [0.15, 0.2) is 0 Å². The fourth-order valence-corrected chi connectivity index (χ4v) is 4.34. The molecule has 2 atom stereocenters. The average molecular weight is 334 g/mol. The van der Waals surface area contributed by atoms with Gasteiger partial charge in [-0.1, -0.05) is 6.07 Å². The van der Waals surface area contributed by atoms with Crippen molar-refractivity contribution in [2.45, 2.75) is 31.9 Å². The van der Waals surface area contributed by atoms with Crippen molar-refractivity contribution in [2.75, 3.05) is 13.1 Å². The minimum Gasteiger partial charge on any atom is -0.471 e. The molecule has 0 aliphatic carbocycles. The summed E-state index contributed by atoms with van der Waals surface area (Å²) in [6.07, 6.45) is 4.65. The van der Waals surface area contributed by atoms with Crippen molar-refractivity contribution < 1.29 is 4.74 Å². The normalized spacial score (nSPS) is 28.4. The predicted octanol–water partition coefficient (Wildman–Crippen LogP) is 3.49. The number of benzene rings is 1. The molecule has 3 saturated heterocycles. The second kappa shape index (κ2) is 5.85. The SMILES string of the molecule is C[C@H]1[C@@H](Oc2ccc(-c3ccc4[nH]ccc4c3)nn2)C2CCN1CC2. The third kappa shape index (κ3) is 2.59. The van der Waals surface area contributed by atoms with E-state index in [0.717, 1.165) is 16.8 Å². The lowest BCUT2D eigenvalue weighted by atomic mass is 9.81. The molecule has 25 heavy (non-hydrogen) atoms. The monoisotopic (exact) mass is 334 g/mol. The molecule has 2 aromatic heterocycles. The Kier molecular flexibility index (Phi) is 3.48. The zero-order valence-corrected chi connectivity index (χ0v) is 14.4. The lowest BCUT2D eigenvalue weighted by Crippen LogP contribution is -2.58. The Balaban J connectivity index is 1.36. The van der Waals surface area contributed by atoms with E-state index in [1.807, 2.05) is 18.3 Å². The van der Waals surface area contributed by atoms with Crippen molar-refractivity contribution >= 4 is 10.9 Å². The summed E-state index contributed by atoms with van der Waals surface area (Å²) in [5.41, 5.74) is 3.08. The van der Waals surface area contributed by atoms with E-state index in [0.29, 0.717) is 17.8 Å². The van der Waals surface area contributed by atoms with E-state index >= 15 is 0 Å². The van der Waals surface area contributed by atoms with Crippen LogP contribution in [0.3, 0.4) is 0 Å². The number of nitrogens with one attached hydrogen (secondary N) is 1. The van der Waals surface area contributed by atoms with Crippen LogP contribution in [0.25, 0.3) is 22.2 Å². The summed E-state index contributed by atoms with van der Waals surface area (Å²) in [6.45, 7) is 4.68. The molecule has 1 N–H and O–H groups in total. The molecule has 3 fully saturated rings. The van der Waals surface area contributed by atoms with Crippen LogP contribution in [-0.2, 0) is 0 Å². The summed E-state index contributed by atoms with van der Waals surface area (Å²) in [5, 5.41) is 9.91. The maximum Gasteiger partial charge on any atom is 0.233 e. The third-order valence-electron chi connectivity index (χ3n) is 5.84. The molecule has 3 aliphatic rings. The first kappa shape index (κ1) is 14.9. The first-order valence-corrected chi connectivity index (χ1v) is 9.10. The average Bonchev–Trinajstić information content (AvgIpc) is 3.13. The van der Waals surface area contributed by atoms with Crippen LogP contribution >= 0.6 is 0 Å². The van der Waals surface area contributed by atoms with Crippen LogP contribution in [0, 0.1) is 5.92 Å². The summed E-state index contributed by atoms with van der Waals surface area (Å²) in [6, 6.07) is 12.8. The Bertz CT molecular complexity index is 878. The summed E-state index contributed by atoms with van der Waals surface area (Å²) in [4.78, 5) is 5.74. The van der Waals surface area contributed by atoms with Gasteiger partial charge < -0.3 is 9.72 Å². The molecule has 5 nitrogen and oxygen atoms in total. The Morgan fingerprint density at radius 3 is 2.72 bits per heavy atom. The Labute approximate surface area is 147 Å². The van der Waals surface area contributed by atoms with E-state index in [9.17, 15) is 0 Å². The number of hydrogen-bond donors (Lipinski definition) is 1. The smallest absolute Gasteiger partial charge is 0.233 e. The number of H-pyrrole nitrogens is 1. The molecule has 2 bridgehead atoms. The van der Waals surface area contributed by atoms with E-state index in [-0.39, 0.29) is 6.10 Å². The van der Waals surface area contributed by atoms with Crippen LogP contribution in [0.4, 0.5) is 0 Å². The molecule has 0 saturated carbocycles. The summed E-state index contributed by atoms with van der Waals surface area (Å²) in [7, 11) is 0. The number of aromatic amines is 1. The summed E-state index contributed by atoms with van der Waals surface area (Å²) < 4.78 is 6.23. The predicted molar refractivity (Wildman–Crippen MR) is 97.5 cm³/mol. The van der Waals surface area contributed by atoms with Gasteiger partial charge in [-0.2, -0.15) is 0 Å².